The molecule has 0 spiro atoms. The molecular formula is C31H57NS. The number of hydrogen-bond acceptors (Lipinski definition) is 2. The van der Waals surface area contributed by atoms with Crippen molar-refractivity contribution in [2.45, 2.75) is 143 Å². The van der Waals surface area contributed by atoms with Crippen LogP contribution in [0.3, 0.4) is 0 Å². The molecule has 3 aliphatic rings. The molecule has 1 nitrogen and oxygen atoms in total. The molecule has 33 heavy (non-hydrogen) atoms. The summed E-state index contributed by atoms with van der Waals surface area (Å²) in [6.07, 6.45) is 17.9. The number of hydrogen-bond donors (Lipinski definition) is 1. The van der Waals surface area contributed by atoms with Crippen molar-refractivity contribution >= 4 is 11.8 Å². The fourth-order valence-electron chi connectivity index (χ4n) is 7.78. The van der Waals surface area contributed by atoms with Gasteiger partial charge in [0.1, 0.15) is 0 Å². The van der Waals surface area contributed by atoms with Crippen molar-refractivity contribution in [2.75, 3.05) is 0 Å². The molecule has 0 bridgehead atoms. The SMILES string of the molecule is CCCC1CCC2(C)CCC(C)/C(=C\SC3(C)CCCC(N)C(C)C3CCC(C)CC)C2C1. The molecule has 0 aromatic carbocycles. The summed E-state index contributed by atoms with van der Waals surface area (Å²) in [5, 5.41) is 2.74. The molecule has 2 N–H and O–H groups in total. The lowest BCUT2D eigenvalue weighted by atomic mass is 9.54. The summed E-state index contributed by atoms with van der Waals surface area (Å²) in [6, 6.07) is 0.382. The molecule has 0 aromatic rings. The zero-order valence-electron chi connectivity index (χ0n) is 23.3. The molecule has 0 radical (unpaired) electrons. The third kappa shape index (κ3) is 6.44. The highest BCUT2D eigenvalue weighted by molar-refractivity contribution is 8.03. The van der Waals surface area contributed by atoms with Crippen LogP contribution in [0, 0.1) is 40.9 Å². The second-order valence-corrected chi connectivity index (χ2v) is 14.6. The van der Waals surface area contributed by atoms with Crippen LogP contribution in [0.5, 0.6) is 0 Å². The monoisotopic (exact) mass is 475 g/mol. The van der Waals surface area contributed by atoms with E-state index in [2.05, 4.69) is 65.6 Å². The maximum atomic E-state index is 6.71. The lowest BCUT2D eigenvalue weighted by Crippen LogP contribution is -2.41. The third-order valence-corrected chi connectivity index (χ3v) is 12.2. The predicted molar refractivity (Wildman–Crippen MR) is 149 cm³/mol. The molecule has 2 heteroatoms. The summed E-state index contributed by atoms with van der Waals surface area (Å²) in [5.41, 5.74) is 9.10. The topological polar surface area (TPSA) is 26.0 Å². The molecular weight excluding hydrogens is 418 g/mol. The van der Waals surface area contributed by atoms with Crippen LogP contribution < -0.4 is 5.73 Å². The molecule has 9 unspecified atom stereocenters. The lowest BCUT2D eigenvalue weighted by molar-refractivity contribution is 0.0572. The number of fused-ring (bicyclic) bond motifs is 1. The Morgan fingerprint density at radius 2 is 1.79 bits per heavy atom. The van der Waals surface area contributed by atoms with Gasteiger partial charge in [0.05, 0.1) is 0 Å². The Hall–Kier alpha value is 0.0500. The molecule has 0 heterocycles. The molecule has 3 rings (SSSR count). The van der Waals surface area contributed by atoms with Crippen molar-refractivity contribution in [3.8, 4) is 0 Å². The lowest BCUT2D eigenvalue weighted by Gasteiger charge is -2.51. The minimum Gasteiger partial charge on any atom is -0.327 e. The molecule has 192 valence electrons. The third-order valence-electron chi connectivity index (χ3n) is 10.8. The summed E-state index contributed by atoms with van der Waals surface area (Å²) >= 11 is 2.25. The summed E-state index contributed by atoms with van der Waals surface area (Å²) in [6.45, 7) is 17.4. The van der Waals surface area contributed by atoms with E-state index in [1.54, 1.807) is 0 Å². The zero-order chi connectivity index (χ0) is 24.2. The fraction of sp³-hybridized carbons (Fsp3) is 0.935. The van der Waals surface area contributed by atoms with E-state index < -0.39 is 0 Å². The van der Waals surface area contributed by atoms with Crippen LogP contribution in [0.25, 0.3) is 0 Å². The average Bonchev–Trinajstić information content (AvgIpc) is 2.89. The van der Waals surface area contributed by atoms with Crippen molar-refractivity contribution in [3.63, 3.8) is 0 Å². The van der Waals surface area contributed by atoms with E-state index in [0.717, 1.165) is 29.6 Å². The molecule has 3 aliphatic carbocycles. The highest BCUT2D eigenvalue weighted by Gasteiger charge is 2.46. The van der Waals surface area contributed by atoms with Crippen molar-refractivity contribution in [2.24, 2.45) is 46.7 Å². The largest absolute Gasteiger partial charge is 0.327 e. The molecule has 3 fully saturated rings. The summed E-state index contributed by atoms with van der Waals surface area (Å²) in [4.78, 5) is 0. The molecule has 3 saturated carbocycles. The highest BCUT2D eigenvalue weighted by Crippen LogP contribution is 2.57. The van der Waals surface area contributed by atoms with Crippen molar-refractivity contribution < 1.29 is 0 Å². The van der Waals surface area contributed by atoms with E-state index in [4.69, 9.17) is 5.73 Å². The summed E-state index contributed by atoms with van der Waals surface area (Å²) in [7, 11) is 0. The van der Waals surface area contributed by atoms with E-state index in [1.807, 2.05) is 5.57 Å². The first-order valence-corrected chi connectivity index (χ1v) is 15.6. The first kappa shape index (κ1) is 27.6. The van der Waals surface area contributed by atoms with Gasteiger partial charge < -0.3 is 5.73 Å². The van der Waals surface area contributed by atoms with Gasteiger partial charge in [-0.3, -0.25) is 0 Å². The van der Waals surface area contributed by atoms with Crippen LogP contribution >= 0.6 is 11.8 Å². The van der Waals surface area contributed by atoms with Crippen LogP contribution in [0.4, 0.5) is 0 Å². The zero-order valence-corrected chi connectivity index (χ0v) is 24.1. The van der Waals surface area contributed by atoms with Gasteiger partial charge >= 0.3 is 0 Å². The van der Waals surface area contributed by atoms with Crippen molar-refractivity contribution in [1.29, 1.82) is 0 Å². The Morgan fingerprint density at radius 3 is 2.48 bits per heavy atom. The van der Waals surface area contributed by atoms with Gasteiger partial charge in [0.15, 0.2) is 0 Å². The van der Waals surface area contributed by atoms with E-state index in [0.29, 0.717) is 22.1 Å². The molecule has 0 aliphatic heterocycles. The normalized spacial score (nSPS) is 44.3. The average molecular weight is 476 g/mol. The van der Waals surface area contributed by atoms with E-state index >= 15 is 0 Å². The fourth-order valence-corrected chi connectivity index (χ4v) is 9.35. The predicted octanol–water partition coefficient (Wildman–Crippen LogP) is 9.60. The van der Waals surface area contributed by atoms with Gasteiger partial charge in [-0.2, -0.15) is 0 Å². The molecule has 0 saturated heterocycles. The van der Waals surface area contributed by atoms with E-state index in [1.165, 1.54) is 83.5 Å². The van der Waals surface area contributed by atoms with E-state index in [9.17, 15) is 0 Å². The Labute approximate surface area is 211 Å². The second-order valence-electron chi connectivity index (χ2n) is 13.2. The van der Waals surface area contributed by atoms with E-state index in [-0.39, 0.29) is 0 Å². The number of rotatable bonds is 8. The maximum Gasteiger partial charge on any atom is 0.0204 e. The Bertz CT molecular complexity index is 643. The Morgan fingerprint density at radius 1 is 1.06 bits per heavy atom. The van der Waals surface area contributed by atoms with Gasteiger partial charge in [-0.15, -0.1) is 11.8 Å². The first-order chi connectivity index (χ1) is 15.6. The van der Waals surface area contributed by atoms with Crippen LogP contribution in [0.15, 0.2) is 11.0 Å². The Balaban J connectivity index is 1.84. The standard InChI is InChI=1S/C31H57NS/c1-8-11-25-16-19-30(6)18-15-23(4)26(28(30)20-25)21-33-31(7)17-10-12-29(32)24(5)27(31)14-13-22(3)9-2/h21-25,27-29H,8-20,32H2,1-7H3/b26-21+. The Kier molecular flexibility index (Phi) is 9.93. The minimum absolute atomic E-state index is 0.332. The van der Waals surface area contributed by atoms with Crippen LogP contribution in [-0.2, 0) is 0 Å². The van der Waals surface area contributed by atoms with Crippen LogP contribution in [-0.4, -0.2) is 10.8 Å². The highest BCUT2D eigenvalue weighted by atomic mass is 32.2. The van der Waals surface area contributed by atoms with Crippen LogP contribution in [0.2, 0.25) is 0 Å². The second kappa shape index (κ2) is 11.9. The first-order valence-electron chi connectivity index (χ1n) is 14.8. The van der Waals surface area contributed by atoms with Gasteiger partial charge in [0, 0.05) is 10.8 Å². The van der Waals surface area contributed by atoms with Gasteiger partial charge in [0.2, 0.25) is 0 Å². The number of allylic oxidation sites excluding steroid dienone is 1. The van der Waals surface area contributed by atoms with Gasteiger partial charge in [-0.1, -0.05) is 79.2 Å². The molecule has 9 atom stereocenters. The van der Waals surface area contributed by atoms with Gasteiger partial charge in [0.25, 0.3) is 0 Å². The number of thioether (sulfide) groups is 1. The van der Waals surface area contributed by atoms with Gasteiger partial charge in [-0.25, -0.2) is 0 Å². The minimum atomic E-state index is 0.332. The van der Waals surface area contributed by atoms with Crippen molar-refractivity contribution in [3.05, 3.63) is 11.0 Å². The maximum absolute atomic E-state index is 6.71. The quantitative estimate of drug-likeness (QED) is 0.353. The smallest absolute Gasteiger partial charge is 0.0204 e. The molecule has 0 amide bonds. The van der Waals surface area contributed by atoms with Crippen molar-refractivity contribution in [1.82, 2.24) is 0 Å². The number of nitrogens with two attached hydrogens (primary N) is 1. The molecule has 0 aromatic heterocycles. The van der Waals surface area contributed by atoms with Gasteiger partial charge in [-0.05, 0) is 105 Å². The summed E-state index contributed by atoms with van der Waals surface area (Å²) < 4.78 is 0.332. The van der Waals surface area contributed by atoms with Crippen LogP contribution in [0.1, 0.15) is 132 Å². The summed E-state index contributed by atoms with van der Waals surface area (Å²) in [5.74, 6) is 4.75.